The van der Waals surface area contributed by atoms with Crippen LogP contribution in [0.2, 0.25) is 0 Å². The fourth-order valence-corrected chi connectivity index (χ4v) is 1.54. The van der Waals surface area contributed by atoms with Crippen molar-refractivity contribution in [2.24, 2.45) is 0 Å². The third kappa shape index (κ3) is 2.94. The van der Waals surface area contributed by atoms with Crippen molar-refractivity contribution in [1.82, 2.24) is 4.98 Å². The molecule has 0 radical (unpaired) electrons. The predicted molar refractivity (Wildman–Crippen MR) is 59.1 cm³/mol. The number of hydrogen-bond acceptors (Lipinski definition) is 3. The summed E-state index contributed by atoms with van der Waals surface area (Å²) in [5, 5.41) is 8.77. The van der Waals surface area contributed by atoms with Crippen molar-refractivity contribution in [3.8, 4) is 0 Å². The second-order valence-corrected chi connectivity index (χ2v) is 3.23. The molecule has 82 valence electrons. The first-order valence-corrected chi connectivity index (χ1v) is 5.09. The molecule has 0 aliphatic heterocycles. The van der Waals surface area contributed by atoms with Crippen LogP contribution < -0.4 is 4.90 Å². The molecule has 4 heteroatoms. The monoisotopic (exact) mass is 208 g/mol. The van der Waals surface area contributed by atoms with E-state index < -0.39 is 5.97 Å². The van der Waals surface area contributed by atoms with Gasteiger partial charge in [0.05, 0.1) is 6.42 Å². The van der Waals surface area contributed by atoms with E-state index in [9.17, 15) is 4.79 Å². The van der Waals surface area contributed by atoms with Crippen molar-refractivity contribution >= 4 is 11.8 Å². The number of anilines is 1. The number of rotatable bonds is 5. The van der Waals surface area contributed by atoms with Crippen LogP contribution in [-0.2, 0) is 11.2 Å². The maximum absolute atomic E-state index is 10.7. The standard InChI is InChI=1S/C11H16N2O2/c1-3-13(4-2)11-9(8-10(14)15)6-5-7-12-11/h5-7H,3-4,8H2,1-2H3,(H,14,15). The molecule has 4 nitrogen and oxygen atoms in total. The van der Waals surface area contributed by atoms with E-state index in [2.05, 4.69) is 9.88 Å². The molecule has 1 heterocycles. The maximum Gasteiger partial charge on any atom is 0.307 e. The van der Waals surface area contributed by atoms with Gasteiger partial charge in [-0.25, -0.2) is 4.98 Å². The Morgan fingerprint density at radius 1 is 1.47 bits per heavy atom. The van der Waals surface area contributed by atoms with Gasteiger partial charge in [-0.15, -0.1) is 0 Å². The molecular weight excluding hydrogens is 192 g/mol. The van der Waals surface area contributed by atoms with Crippen LogP contribution in [0.5, 0.6) is 0 Å². The maximum atomic E-state index is 10.7. The average molecular weight is 208 g/mol. The molecule has 1 aromatic rings. The predicted octanol–water partition coefficient (Wildman–Crippen LogP) is 1.55. The first-order chi connectivity index (χ1) is 7.19. The van der Waals surface area contributed by atoms with Crippen molar-refractivity contribution in [1.29, 1.82) is 0 Å². The lowest BCUT2D eigenvalue weighted by Gasteiger charge is -2.21. The Kier molecular flexibility index (Phi) is 4.09. The highest BCUT2D eigenvalue weighted by atomic mass is 16.4. The molecule has 0 bridgehead atoms. The van der Waals surface area contributed by atoms with E-state index in [4.69, 9.17) is 5.11 Å². The van der Waals surface area contributed by atoms with Crippen LogP contribution in [0.1, 0.15) is 19.4 Å². The van der Waals surface area contributed by atoms with Gasteiger partial charge in [0.25, 0.3) is 0 Å². The SMILES string of the molecule is CCN(CC)c1ncccc1CC(=O)O. The summed E-state index contributed by atoms with van der Waals surface area (Å²) < 4.78 is 0. The molecule has 0 atom stereocenters. The highest BCUT2D eigenvalue weighted by molar-refractivity contribution is 5.72. The van der Waals surface area contributed by atoms with E-state index in [1.54, 1.807) is 12.3 Å². The molecule has 0 saturated carbocycles. The summed E-state index contributed by atoms with van der Waals surface area (Å²) in [6.45, 7) is 5.73. The Hall–Kier alpha value is -1.58. The molecule has 0 aliphatic carbocycles. The highest BCUT2D eigenvalue weighted by Crippen LogP contribution is 2.17. The van der Waals surface area contributed by atoms with Crippen LogP contribution >= 0.6 is 0 Å². The zero-order chi connectivity index (χ0) is 11.3. The Bertz CT molecular complexity index is 335. The summed E-state index contributed by atoms with van der Waals surface area (Å²) in [7, 11) is 0. The minimum atomic E-state index is -0.823. The first kappa shape index (κ1) is 11.5. The van der Waals surface area contributed by atoms with Gasteiger partial charge in [-0.1, -0.05) is 6.07 Å². The van der Waals surface area contributed by atoms with Gasteiger partial charge in [-0.2, -0.15) is 0 Å². The van der Waals surface area contributed by atoms with Crippen molar-refractivity contribution < 1.29 is 9.90 Å². The van der Waals surface area contributed by atoms with Gasteiger partial charge in [0.1, 0.15) is 5.82 Å². The van der Waals surface area contributed by atoms with Gasteiger partial charge in [0, 0.05) is 24.8 Å². The summed E-state index contributed by atoms with van der Waals surface area (Å²) in [5.41, 5.74) is 0.772. The van der Waals surface area contributed by atoms with Crippen molar-refractivity contribution in [2.45, 2.75) is 20.3 Å². The van der Waals surface area contributed by atoms with Crippen LogP contribution in [0.25, 0.3) is 0 Å². The number of carboxylic acid groups (broad SMARTS) is 1. The second-order valence-electron chi connectivity index (χ2n) is 3.23. The zero-order valence-corrected chi connectivity index (χ0v) is 9.10. The van der Waals surface area contributed by atoms with Crippen LogP contribution in [-0.4, -0.2) is 29.1 Å². The summed E-state index contributed by atoms with van der Waals surface area (Å²) in [6.07, 6.45) is 1.72. The number of aliphatic carboxylic acids is 1. The topological polar surface area (TPSA) is 53.4 Å². The molecule has 1 aromatic heterocycles. The van der Waals surface area contributed by atoms with Crippen LogP contribution in [0.3, 0.4) is 0 Å². The molecule has 0 saturated heterocycles. The summed E-state index contributed by atoms with van der Waals surface area (Å²) >= 11 is 0. The molecule has 15 heavy (non-hydrogen) atoms. The zero-order valence-electron chi connectivity index (χ0n) is 9.10. The van der Waals surface area contributed by atoms with Gasteiger partial charge in [0.2, 0.25) is 0 Å². The normalized spacial score (nSPS) is 10.0. The lowest BCUT2D eigenvalue weighted by Crippen LogP contribution is -2.24. The van der Waals surface area contributed by atoms with E-state index in [0.29, 0.717) is 0 Å². The summed E-state index contributed by atoms with van der Waals surface area (Å²) in [5.74, 6) is -0.0405. The first-order valence-electron chi connectivity index (χ1n) is 5.09. The number of aromatic nitrogens is 1. The summed E-state index contributed by atoms with van der Waals surface area (Å²) in [4.78, 5) is 17.0. The molecule has 0 unspecified atom stereocenters. The van der Waals surface area contributed by atoms with Crippen LogP contribution in [0, 0.1) is 0 Å². The number of pyridine rings is 1. The Balaban J connectivity index is 2.99. The Morgan fingerprint density at radius 3 is 2.67 bits per heavy atom. The van der Waals surface area contributed by atoms with E-state index in [0.717, 1.165) is 24.5 Å². The van der Waals surface area contributed by atoms with Gasteiger partial charge in [0.15, 0.2) is 0 Å². The second kappa shape index (κ2) is 5.34. The molecule has 0 aliphatic rings. The van der Waals surface area contributed by atoms with Crippen LogP contribution in [0.4, 0.5) is 5.82 Å². The number of carbonyl (C=O) groups is 1. The Labute approximate surface area is 89.6 Å². The van der Waals surface area contributed by atoms with Crippen molar-refractivity contribution in [3.63, 3.8) is 0 Å². The van der Waals surface area contributed by atoms with Gasteiger partial charge >= 0.3 is 5.97 Å². The minimum absolute atomic E-state index is 0.0275. The third-order valence-corrected chi connectivity index (χ3v) is 2.27. The number of nitrogens with zero attached hydrogens (tertiary/aromatic N) is 2. The Morgan fingerprint density at radius 2 is 2.13 bits per heavy atom. The van der Waals surface area contributed by atoms with Crippen LogP contribution in [0.15, 0.2) is 18.3 Å². The van der Waals surface area contributed by atoms with Crippen molar-refractivity contribution in [3.05, 3.63) is 23.9 Å². The molecule has 1 N–H and O–H groups in total. The van der Waals surface area contributed by atoms with Gasteiger partial charge < -0.3 is 10.0 Å². The number of hydrogen-bond donors (Lipinski definition) is 1. The summed E-state index contributed by atoms with van der Waals surface area (Å²) in [6, 6.07) is 3.58. The molecular formula is C11H16N2O2. The largest absolute Gasteiger partial charge is 0.481 e. The number of carboxylic acids is 1. The molecule has 1 rings (SSSR count). The van der Waals surface area contributed by atoms with Gasteiger partial charge in [-0.05, 0) is 19.9 Å². The lowest BCUT2D eigenvalue weighted by atomic mass is 10.2. The van der Waals surface area contributed by atoms with E-state index in [-0.39, 0.29) is 6.42 Å². The fraction of sp³-hybridized carbons (Fsp3) is 0.455. The molecule has 0 fully saturated rings. The highest BCUT2D eigenvalue weighted by Gasteiger charge is 2.11. The molecule has 0 spiro atoms. The molecule has 0 aromatic carbocycles. The van der Waals surface area contributed by atoms with E-state index >= 15 is 0 Å². The average Bonchev–Trinajstić information content (AvgIpc) is 2.21. The smallest absolute Gasteiger partial charge is 0.307 e. The quantitative estimate of drug-likeness (QED) is 0.797. The third-order valence-electron chi connectivity index (χ3n) is 2.27. The fourth-order valence-electron chi connectivity index (χ4n) is 1.54. The molecule has 0 amide bonds. The van der Waals surface area contributed by atoms with E-state index in [1.165, 1.54) is 0 Å². The van der Waals surface area contributed by atoms with Gasteiger partial charge in [-0.3, -0.25) is 4.79 Å². The lowest BCUT2D eigenvalue weighted by molar-refractivity contribution is -0.136. The van der Waals surface area contributed by atoms with Crippen molar-refractivity contribution in [2.75, 3.05) is 18.0 Å². The minimum Gasteiger partial charge on any atom is -0.481 e. The van der Waals surface area contributed by atoms with E-state index in [1.807, 2.05) is 19.9 Å².